The number of hydrogen-bond acceptors (Lipinski definition) is 4. The molecule has 2 rings (SSSR count). The predicted octanol–water partition coefficient (Wildman–Crippen LogP) is 2.95. The third-order valence-electron chi connectivity index (χ3n) is 3.39. The van der Waals surface area contributed by atoms with Gasteiger partial charge >= 0.3 is 0 Å². The van der Waals surface area contributed by atoms with Crippen molar-refractivity contribution in [3.63, 3.8) is 0 Å². The summed E-state index contributed by atoms with van der Waals surface area (Å²) in [6.45, 7) is 2.19. The molecule has 1 aliphatic rings. The summed E-state index contributed by atoms with van der Waals surface area (Å²) in [7, 11) is 0. The van der Waals surface area contributed by atoms with Crippen molar-refractivity contribution in [2.24, 2.45) is 10.9 Å². The van der Waals surface area contributed by atoms with E-state index in [1.54, 1.807) is 11.8 Å². The lowest BCUT2D eigenvalue weighted by atomic mass is 10.1. The topological polar surface area (TPSA) is 71.5 Å². The molecule has 0 saturated carbocycles. The zero-order chi connectivity index (χ0) is 13.7. The molecule has 0 amide bonds. The molecule has 1 aliphatic carbocycles. The van der Waals surface area contributed by atoms with E-state index >= 15 is 0 Å². The van der Waals surface area contributed by atoms with Crippen molar-refractivity contribution in [3.05, 3.63) is 22.9 Å². The van der Waals surface area contributed by atoms with Gasteiger partial charge in [-0.1, -0.05) is 24.9 Å². The highest BCUT2D eigenvalue weighted by molar-refractivity contribution is 7.99. The van der Waals surface area contributed by atoms with E-state index in [-0.39, 0.29) is 5.84 Å². The fraction of sp³-hybridized carbons (Fsp3) is 0.571. The molecule has 1 heterocycles. The number of fused-ring (bicyclic) bond motifs is 1. The van der Waals surface area contributed by atoms with Crippen LogP contribution in [0.15, 0.2) is 16.2 Å². The molecule has 1 aromatic rings. The van der Waals surface area contributed by atoms with Crippen molar-refractivity contribution in [1.29, 1.82) is 0 Å². The molecule has 0 saturated heterocycles. The molecular weight excluding hydrogens is 258 g/mol. The summed E-state index contributed by atoms with van der Waals surface area (Å²) in [6, 6.07) is 2.05. The van der Waals surface area contributed by atoms with Gasteiger partial charge in [0.05, 0.1) is 5.56 Å². The third-order valence-corrected chi connectivity index (χ3v) is 4.46. The Labute approximate surface area is 118 Å². The number of nitrogens with zero attached hydrogens (tertiary/aromatic N) is 2. The summed E-state index contributed by atoms with van der Waals surface area (Å²) in [5.41, 5.74) is 8.99. The molecule has 1 aromatic heterocycles. The van der Waals surface area contributed by atoms with E-state index in [9.17, 15) is 0 Å². The lowest BCUT2D eigenvalue weighted by Crippen LogP contribution is -2.16. The van der Waals surface area contributed by atoms with E-state index in [1.165, 1.54) is 30.5 Å². The van der Waals surface area contributed by atoms with Crippen LogP contribution in [0.4, 0.5) is 0 Å². The Balaban J connectivity index is 2.19. The number of unbranched alkanes of at least 4 members (excludes halogenated alkanes) is 2. The Bertz CT molecular complexity index is 474. The van der Waals surface area contributed by atoms with Crippen LogP contribution in [-0.2, 0) is 12.8 Å². The summed E-state index contributed by atoms with van der Waals surface area (Å²) < 4.78 is 0. The van der Waals surface area contributed by atoms with Crippen LogP contribution in [0.25, 0.3) is 0 Å². The van der Waals surface area contributed by atoms with Gasteiger partial charge in [-0.2, -0.15) is 0 Å². The first-order valence-electron chi connectivity index (χ1n) is 6.89. The standard InChI is InChI=1S/C14H21N3OS/c1-2-3-4-8-19-14-11(13(15)17-18)9-10-6-5-7-12(10)16-14/h9,18H,2-8H2,1H3,(H2,15,17). The van der Waals surface area contributed by atoms with Crippen LogP contribution in [0.5, 0.6) is 0 Å². The maximum atomic E-state index is 8.90. The fourth-order valence-electron chi connectivity index (χ4n) is 2.32. The number of rotatable bonds is 6. The minimum absolute atomic E-state index is 0.167. The number of amidine groups is 1. The van der Waals surface area contributed by atoms with Crippen LogP contribution >= 0.6 is 11.8 Å². The summed E-state index contributed by atoms with van der Waals surface area (Å²) in [4.78, 5) is 4.71. The molecule has 4 nitrogen and oxygen atoms in total. The van der Waals surface area contributed by atoms with Crippen molar-refractivity contribution < 1.29 is 5.21 Å². The lowest BCUT2D eigenvalue weighted by Gasteiger charge is -2.10. The number of aryl methyl sites for hydroxylation is 2. The van der Waals surface area contributed by atoms with Crippen LogP contribution in [0, 0.1) is 0 Å². The van der Waals surface area contributed by atoms with Gasteiger partial charge in [0, 0.05) is 5.69 Å². The van der Waals surface area contributed by atoms with E-state index in [2.05, 4.69) is 12.1 Å². The molecule has 3 N–H and O–H groups in total. The molecule has 0 radical (unpaired) electrons. The number of nitrogens with two attached hydrogens (primary N) is 1. The van der Waals surface area contributed by atoms with Crippen molar-refractivity contribution in [2.45, 2.75) is 50.5 Å². The molecule has 19 heavy (non-hydrogen) atoms. The lowest BCUT2D eigenvalue weighted by molar-refractivity contribution is 0.318. The van der Waals surface area contributed by atoms with Crippen molar-refractivity contribution >= 4 is 17.6 Å². The van der Waals surface area contributed by atoms with Gasteiger partial charge in [-0.15, -0.1) is 11.8 Å². The molecule has 0 bridgehead atoms. The van der Waals surface area contributed by atoms with Gasteiger partial charge in [0.1, 0.15) is 5.03 Å². The Morgan fingerprint density at radius 3 is 3.05 bits per heavy atom. The van der Waals surface area contributed by atoms with Gasteiger partial charge in [0.2, 0.25) is 0 Å². The smallest absolute Gasteiger partial charge is 0.172 e. The van der Waals surface area contributed by atoms with Crippen molar-refractivity contribution in [2.75, 3.05) is 5.75 Å². The Kier molecular flexibility index (Phi) is 5.07. The van der Waals surface area contributed by atoms with Crippen molar-refractivity contribution in [3.8, 4) is 0 Å². The van der Waals surface area contributed by atoms with E-state index in [4.69, 9.17) is 15.9 Å². The molecule has 0 aromatic carbocycles. The second kappa shape index (κ2) is 6.80. The van der Waals surface area contributed by atoms with Crippen LogP contribution < -0.4 is 5.73 Å². The molecule has 0 aliphatic heterocycles. The fourth-order valence-corrected chi connectivity index (χ4v) is 3.36. The maximum absolute atomic E-state index is 8.90. The predicted molar refractivity (Wildman–Crippen MR) is 79.0 cm³/mol. The number of thioether (sulfide) groups is 1. The van der Waals surface area contributed by atoms with Crippen LogP contribution in [0.3, 0.4) is 0 Å². The van der Waals surface area contributed by atoms with Gasteiger partial charge in [-0.05, 0) is 43.1 Å². The zero-order valence-corrected chi connectivity index (χ0v) is 12.2. The number of aromatic nitrogens is 1. The van der Waals surface area contributed by atoms with E-state index in [0.717, 1.165) is 35.6 Å². The maximum Gasteiger partial charge on any atom is 0.172 e. The summed E-state index contributed by atoms with van der Waals surface area (Å²) >= 11 is 1.71. The highest BCUT2D eigenvalue weighted by atomic mass is 32.2. The first-order chi connectivity index (χ1) is 9.26. The second-order valence-electron chi connectivity index (χ2n) is 4.84. The number of pyridine rings is 1. The normalized spacial score (nSPS) is 14.7. The Morgan fingerprint density at radius 1 is 1.47 bits per heavy atom. The van der Waals surface area contributed by atoms with E-state index in [0.29, 0.717) is 0 Å². The molecule has 0 fully saturated rings. The second-order valence-corrected chi connectivity index (χ2v) is 5.92. The van der Waals surface area contributed by atoms with Gasteiger partial charge < -0.3 is 10.9 Å². The molecule has 0 atom stereocenters. The van der Waals surface area contributed by atoms with Crippen LogP contribution in [-0.4, -0.2) is 21.8 Å². The molecular formula is C14H21N3OS. The minimum atomic E-state index is 0.167. The first-order valence-corrected chi connectivity index (χ1v) is 7.88. The zero-order valence-electron chi connectivity index (χ0n) is 11.4. The van der Waals surface area contributed by atoms with Gasteiger partial charge in [-0.25, -0.2) is 4.98 Å². The average Bonchev–Trinajstić information content (AvgIpc) is 2.89. The Morgan fingerprint density at radius 2 is 2.32 bits per heavy atom. The van der Waals surface area contributed by atoms with E-state index < -0.39 is 0 Å². The summed E-state index contributed by atoms with van der Waals surface area (Å²) in [6.07, 6.45) is 6.88. The molecule has 104 valence electrons. The summed E-state index contributed by atoms with van der Waals surface area (Å²) in [5.74, 6) is 1.20. The van der Waals surface area contributed by atoms with Gasteiger partial charge in [0.15, 0.2) is 5.84 Å². The molecule has 0 unspecified atom stereocenters. The monoisotopic (exact) mass is 279 g/mol. The highest BCUT2D eigenvalue weighted by Gasteiger charge is 2.18. The quantitative estimate of drug-likeness (QED) is 0.210. The largest absolute Gasteiger partial charge is 0.409 e. The Hall–Kier alpha value is -1.23. The van der Waals surface area contributed by atoms with Crippen LogP contribution in [0.1, 0.15) is 49.4 Å². The van der Waals surface area contributed by atoms with Crippen LogP contribution in [0.2, 0.25) is 0 Å². The van der Waals surface area contributed by atoms with Crippen molar-refractivity contribution in [1.82, 2.24) is 4.98 Å². The SMILES string of the molecule is CCCCCSc1nc2c(cc1C(N)=NO)CCC2. The molecule has 5 heteroatoms. The molecule has 0 spiro atoms. The average molecular weight is 279 g/mol. The first kappa shape index (κ1) is 14.2. The number of oxime groups is 1. The number of hydrogen-bond donors (Lipinski definition) is 2. The third kappa shape index (κ3) is 3.41. The van der Waals surface area contributed by atoms with Gasteiger partial charge in [0.25, 0.3) is 0 Å². The van der Waals surface area contributed by atoms with Gasteiger partial charge in [-0.3, -0.25) is 0 Å². The summed E-state index contributed by atoms with van der Waals surface area (Å²) in [5, 5.41) is 12.9. The highest BCUT2D eigenvalue weighted by Crippen LogP contribution is 2.28. The minimum Gasteiger partial charge on any atom is -0.409 e. The van der Waals surface area contributed by atoms with E-state index in [1.807, 2.05) is 6.07 Å².